The van der Waals surface area contributed by atoms with Crippen LogP contribution >= 0.6 is 0 Å². The predicted octanol–water partition coefficient (Wildman–Crippen LogP) is 2.13. The second kappa shape index (κ2) is 7.33. The monoisotopic (exact) mass is 288 g/mol. The zero-order valence-electron chi connectivity index (χ0n) is 13.0. The van der Waals surface area contributed by atoms with E-state index in [1.54, 1.807) is 0 Å². The van der Waals surface area contributed by atoms with Crippen LogP contribution in [0.4, 0.5) is 0 Å². The molecular weight excluding hydrogens is 264 g/mol. The molecule has 0 amide bonds. The van der Waals surface area contributed by atoms with Gasteiger partial charge in [0, 0.05) is 36.2 Å². The number of rotatable bonds is 7. The van der Waals surface area contributed by atoms with E-state index in [-0.39, 0.29) is 6.61 Å². The van der Waals surface area contributed by atoms with Gasteiger partial charge < -0.3 is 10.4 Å². The van der Waals surface area contributed by atoms with Crippen LogP contribution in [0.5, 0.6) is 0 Å². The van der Waals surface area contributed by atoms with Crippen molar-refractivity contribution in [3.8, 4) is 0 Å². The van der Waals surface area contributed by atoms with Crippen molar-refractivity contribution in [3.05, 3.63) is 47.0 Å². The highest BCUT2D eigenvalue weighted by Crippen LogP contribution is 2.18. The molecule has 0 aliphatic heterocycles. The molecule has 0 radical (unpaired) electrons. The number of pyridine rings is 1. The summed E-state index contributed by atoms with van der Waals surface area (Å²) >= 11 is 0. The molecule has 1 atom stereocenters. The Kier molecular flexibility index (Phi) is 5.47. The maximum absolute atomic E-state index is 9.07. The van der Waals surface area contributed by atoms with Gasteiger partial charge in [-0.1, -0.05) is 6.92 Å². The average Bonchev–Trinajstić information content (AvgIpc) is 2.76. The second-order valence-electron chi connectivity index (χ2n) is 5.22. The van der Waals surface area contributed by atoms with E-state index in [4.69, 9.17) is 5.11 Å². The second-order valence-corrected chi connectivity index (χ2v) is 5.22. The van der Waals surface area contributed by atoms with Gasteiger partial charge in [-0.25, -0.2) is 0 Å². The van der Waals surface area contributed by atoms with Gasteiger partial charge in [0.2, 0.25) is 0 Å². The Morgan fingerprint density at radius 3 is 2.62 bits per heavy atom. The summed E-state index contributed by atoms with van der Waals surface area (Å²) in [6.45, 7) is 7.69. The average molecular weight is 288 g/mol. The summed E-state index contributed by atoms with van der Waals surface area (Å²) in [4.78, 5) is 4.07. The first-order valence-electron chi connectivity index (χ1n) is 7.44. The lowest BCUT2D eigenvalue weighted by atomic mass is 10.1. The summed E-state index contributed by atoms with van der Waals surface area (Å²) in [6, 6.07) is 4.42. The van der Waals surface area contributed by atoms with Gasteiger partial charge in [-0.05, 0) is 38.0 Å². The molecule has 5 nitrogen and oxygen atoms in total. The summed E-state index contributed by atoms with van der Waals surface area (Å²) in [5, 5.41) is 17.1. The molecule has 0 aliphatic rings. The van der Waals surface area contributed by atoms with E-state index in [2.05, 4.69) is 41.4 Å². The van der Waals surface area contributed by atoms with Crippen LogP contribution in [0.2, 0.25) is 0 Å². The van der Waals surface area contributed by atoms with Crippen LogP contribution in [0.1, 0.15) is 41.9 Å². The largest absolute Gasteiger partial charge is 0.394 e. The van der Waals surface area contributed by atoms with Crippen molar-refractivity contribution in [2.75, 3.05) is 6.61 Å². The number of nitrogens with one attached hydrogen (secondary N) is 1. The van der Waals surface area contributed by atoms with Crippen molar-refractivity contribution in [2.45, 2.75) is 46.3 Å². The highest BCUT2D eigenvalue weighted by molar-refractivity contribution is 5.25. The van der Waals surface area contributed by atoms with Crippen LogP contribution < -0.4 is 5.32 Å². The Bertz CT molecular complexity index is 565. The van der Waals surface area contributed by atoms with Crippen LogP contribution in [0.15, 0.2) is 24.5 Å². The van der Waals surface area contributed by atoms with Gasteiger partial charge in [0.1, 0.15) is 0 Å². The highest BCUT2D eigenvalue weighted by Gasteiger charge is 2.14. The van der Waals surface area contributed by atoms with Gasteiger partial charge in [-0.3, -0.25) is 9.67 Å². The molecule has 1 unspecified atom stereocenters. The van der Waals surface area contributed by atoms with Gasteiger partial charge in [-0.2, -0.15) is 5.10 Å². The third kappa shape index (κ3) is 3.68. The first-order chi connectivity index (χ1) is 10.2. The molecule has 0 saturated heterocycles. The van der Waals surface area contributed by atoms with E-state index in [1.807, 2.05) is 24.0 Å². The minimum absolute atomic E-state index is 0.115. The molecule has 0 fully saturated rings. The SMILES string of the molecule is CCC(NCc1c(C)nn(CCO)c1C)c1ccncc1. The van der Waals surface area contributed by atoms with Crippen molar-refractivity contribution < 1.29 is 5.11 Å². The number of aliphatic hydroxyl groups excluding tert-OH is 1. The molecule has 21 heavy (non-hydrogen) atoms. The molecular formula is C16H24N4O. The molecule has 2 aromatic rings. The number of aliphatic hydroxyl groups is 1. The lowest BCUT2D eigenvalue weighted by molar-refractivity contribution is 0.267. The quantitative estimate of drug-likeness (QED) is 0.819. The van der Waals surface area contributed by atoms with Crippen molar-refractivity contribution in [3.63, 3.8) is 0 Å². The number of hydrogen-bond donors (Lipinski definition) is 2. The van der Waals surface area contributed by atoms with Crippen LogP contribution in [0.25, 0.3) is 0 Å². The summed E-state index contributed by atoms with van der Waals surface area (Å²) in [6.07, 6.45) is 4.68. The van der Waals surface area contributed by atoms with Gasteiger partial charge in [-0.15, -0.1) is 0 Å². The zero-order valence-corrected chi connectivity index (χ0v) is 13.0. The highest BCUT2D eigenvalue weighted by atomic mass is 16.3. The molecule has 114 valence electrons. The Hall–Kier alpha value is -1.72. The Labute approximate surface area is 126 Å². The van der Waals surface area contributed by atoms with Gasteiger partial charge in [0.15, 0.2) is 0 Å². The summed E-state index contributed by atoms with van der Waals surface area (Å²) in [5.74, 6) is 0. The van der Waals surface area contributed by atoms with Crippen molar-refractivity contribution in [1.29, 1.82) is 0 Å². The van der Waals surface area contributed by atoms with Crippen LogP contribution in [0.3, 0.4) is 0 Å². The van der Waals surface area contributed by atoms with E-state index in [0.29, 0.717) is 12.6 Å². The summed E-state index contributed by atoms with van der Waals surface area (Å²) < 4.78 is 1.87. The van der Waals surface area contributed by atoms with E-state index in [9.17, 15) is 0 Å². The van der Waals surface area contributed by atoms with Gasteiger partial charge in [0.25, 0.3) is 0 Å². The Balaban J connectivity index is 2.08. The van der Waals surface area contributed by atoms with E-state index in [1.165, 1.54) is 11.1 Å². The third-order valence-corrected chi connectivity index (χ3v) is 3.89. The molecule has 2 aromatic heterocycles. The Morgan fingerprint density at radius 1 is 1.29 bits per heavy atom. The van der Waals surface area contributed by atoms with Crippen LogP contribution in [0, 0.1) is 13.8 Å². The topological polar surface area (TPSA) is 63.0 Å². The number of hydrogen-bond acceptors (Lipinski definition) is 4. The van der Waals surface area contributed by atoms with Crippen LogP contribution in [-0.4, -0.2) is 26.5 Å². The standard InChI is InChI=1S/C16H24N4O/c1-4-16(14-5-7-17-8-6-14)18-11-15-12(2)19-20(9-10-21)13(15)3/h5-8,16,18,21H,4,9-11H2,1-3H3. The van der Waals surface area contributed by atoms with Crippen molar-refractivity contribution in [2.24, 2.45) is 0 Å². The van der Waals surface area contributed by atoms with Gasteiger partial charge in [0.05, 0.1) is 18.8 Å². The molecule has 5 heteroatoms. The molecule has 0 saturated carbocycles. The minimum Gasteiger partial charge on any atom is -0.394 e. The van der Waals surface area contributed by atoms with Crippen molar-refractivity contribution >= 4 is 0 Å². The first-order valence-corrected chi connectivity index (χ1v) is 7.44. The summed E-state index contributed by atoms with van der Waals surface area (Å²) in [5.41, 5.74) is 4.62. The molecule has 2 rings (SSSR count). The summed E-state index contributed by atoms with van der Waals surface area (Å²) in [7, 11) is 0. The minimum atomic E-state index is 0.115. The molecule has 0 aromatic carbocycles. The van der Waals surface area contributed by atoms with Crippen molar-refractivity contribution in [1.82, 2.24) is 20.1 Å². The normalized spacial score (nSPS) is 12.6. The third-order valence-electron chi connectivity index (χ3n) is 3.89. The lowest BCUT2D eigenvalue weighted by Gasteiger charge is -2.17. The fourth-order valence-electron chi connectivity index (χ4n) is 2.62. The van der Waals surface area contributed by atoms with E-state index >= 15 is 0 Å². The molecule has 2 N–H and O–H groups in total. The number of aromatic nitrogens is 3. The number of nitrogens with zero attached hydrogens (tertiary/aromatic N) is 3. The maximum atomic E-state index is 9.07. The molecule has 0 spiro atoms. The smallest absolute Gasteiger partial charge is 0.0644 e. The fourth-order valence-corrected chi connectivity index (χ4v) is 2.62. The van der Waals surface area contributed by atoms with Gasteiger partial charge >= 0.3 is 0 Å². The van der Waals surface area contributed by atoms with Crippen LogP contribution in [-0.2, 0) is 13.1 Å². The van der Waals surface area contributed by atoms with E-state index in [0.717, 1.165) is 24.4 Å². The zero-order chi connectivity index (χ0) is 15.2. The first kappa shape index (κ1) is 15.7. The van der Waals surface area contributed by atoms with E-state index < -0.39 is 0 Å². The molecule has 2 heterocycles. The number of aryl methyl sites for hydroxylation is 1. The molecule has 0 aliphatic carbocycles. The predicted molar refractivity (Wildman–Crippen MR) is 82.9 cm³/mol. The lowest BCUT2D eigenvalue weighted by Crippen LogP contribution is -2.21. The maximum Gasteiger partial charge on any atom is 0.0644 e. The fraction of sp³-hybridized carbons (Fsp3) is 0.500. The molecule has 0 bridgehead atoms. The Morgan fingerprint density at radius 2 is 2.00 bits per heavy atom.